The summed E-state index contributed by atoms with van der Waals surface area (Å²) in [6.45, 7) is 17.2. The quantitative estimate of drug-likeness (QED) is 0.453. The van der Waals surface area contributed by atoms with Crippen molar-refractivity contribution in [1.29, 1.82) is 0 Å². The Bertz CT molecular complexity index is 551. The molecular weight excluding hydrogens is 368 g/mol. The average molecular weight is 411 g/mol. The Kier molecular flexibility index (Phi) is 10.2. The zero-order valence-corrected chi connectivity index (χ0v) is 20.2. The summed E-state index contributed by atoms with van der Waals surface area (Å²) in [5.74, 6) is 1.44. The molecule has 4 nitrogen and oxygen atoms in total. The summed E-state index contributed by atoms with van der Waals surface area (Å²) in [5.41, 5.74) is 1.12. The molecule has 0 aliphatic carbocycles. The monoisotopic (exact) mass is 410 g/mol. The molecule has 0 saturated carbocycles. The summed E-state index contributed by atoms with van der Waals surface area (Å²) in [4.78, 5) is 0. The maximum Gasteiger partial charge on any atom is 0.191 e. The van der Waals surface area contributed by atoms with Crippen LogP contribution >= 0.6 is 0 Å². The molecule has 28 heavy (non-hydrogen) atoms. The van der Waals surface area contributed by atoms with Gasteiger partial charge in [-0.15, -0.1) is 0 Å². The van der Waals surface area contributed by atoms with Gasteiger partial charge in [0.25, 0.3) is 0 Å². The fourth-order valence-electron chi connectivity index (χ4n) is 2.67. The van der Waals surface area contributed by atoms with Gasteiger partial charge < -0.3 is 19.0 Å². The van der Waals surface area contributed by atoms with Gasteiger partial charge in [0, 0.05) is 19.1 Å². The number of aliphatic hydroxyl groups is 1. The molecular formula is C23H42O4Si. The van der Waals surface area contributed by atoms with E-state index in [-0.39, 0.29) is 23.7 Å². The summed E-state index contributed by atoms with van der Waals surface area (Å²) in [7, 11) is -0.0342. The number of benzene rings is 1. The van der Waals surface area contributed by atoms with Crippen molar-refractivity contribution in [3.8, 4) is 5.75 Å². The molecule has 0 saturated heterocycles. The van der Waals surface area contributed by atoms with Crippen molar-refractivity contribution in [3.63, 3.8) is 0 Å². The van der Waals surface area contributed by atoms with E-state index in [0.717, 1.165) is 30.8 Å². The highest BCUT2D eigenvalue weighted by Crippen LogP contribution is 2.37. The maximum absolute atomic E-state index is 9.62. The summed E-state index contributed by atoms with van der Waals surface area (Å²) >= 11 is 0. The zero-order valence-electron chi connectivity index (χ0n) is 19.2. The van der Waals surface area contributed by atoms with Crippen LogP contribution < -0.4 is 4.74 Å². The van der Waals surface area contributed by atoms with Crippen LogP contribution in [0.5, 0.6) is 5.75 Å². The Labute approximate surface area is 173 Å². The minimum Gasteiger partial charge on any atom is -0.497 e. The smallest absolute Gasteiger partial charge is 0.191 e. The average Bonchev–Trinajstić information content (AvgIpc) is 2.65. The van der Waals surface area contributed by atoms with Crippen LogP contribution in [-0.2, 0) is 15.8 Å². The second-order valence-electron chi connectivity index (χ2n) is 9.61. The van der Waals surface area contributed by atoms with Crippen molar-refractivity contribution in [2.24, 2.45) is 11.8 Å². The summed E-state index contributed by atoms with van der Waals surface area (Å²) < 4.78 is 17.7. The van der Waals surface area contributed by atoms with Crippen LogP contribution in [0, 0.1) is 11.8 Å². The zero-order chi connectivity index (χ0) is 21.4. The lowest BCUT2D eigenvalue weighted by molar-refractivity contribution is -0.0190. The highest BCUT2D eigenvalue weighted by molar-refractivity contribution is 6.74. The Balaban J connectivity index is 2.52. The van der Waals surface area contributed by atoms with Gasteiger partial charge in [-0.3, -0.25) is 0 Å². The molecule has 0 spiro atoms. The third-order valence-corrected chi connectivity index (χ3v) is 10.5. The third-order valence-electron chi connectivity index (χ3n) is 6.02. The standard InChI is InChI=1S/C23H42O4Si/c1-18(16-27-28(7,8)23(3,4)5)9-14-22(19(2)15-24)26-17-20-10-12-21(25-6)13-11-20/h10-13,18-19,22,24H,9,14-17H2,1-8H3/t18-,19-,22+/m1/s1. The Morgan fingerprint density at radius 1 is 1.04 bits per heavy atom. The predicted molar refractivity (Wildman–Crippen MR) is 119 cm³/mol. The minimum absolute atomic E-state index is 0.0439. The molecule has 0 fully saturated rings. The predicted octanol–water partition coefficient (Wildman–Crippen LogP) is 5.65. The van der Waals surface area contributed by atoms with Gasteiger partial charge in [0.2, 0.25) is 0 Å². The van der Waals surface area contributed by atoms with Gasteiger partial charge in [-0.2, -0.15) is 0 Å². The molecule has 0 aliphatic rings. The Hall–Kier alpha value is -0.883. The molecule has 162 valence electrons. The largest absolute Gasteiger partial charge is 0.497 e. The lowest BCUT2D eigenvalue weighted by atomic mass is 9.96. The van der Waals surface area contributed by atoms with E-state index in [1.165, 1.54) is 0 Å². The van der Waals surface area contributed by atoms with Crippen LogP contribution in [0.1, 0.15) is 53.0 Å². The molecule has 1 rings (SSSR count). The second kappa shape index (κ2) is 11.3. The van der Waals surface area contributed by atoms with E-state index in [9.17, 15) is 5.11 Å². The molecule has 1 aromatic carbocycles. The molecule has 0 unspecified atom stereocenters. The van der Waals surface area contributed by atoms with Crippen molar-refractivity contribution in [3.05, 3.63) is 29.8 Å². The van der Waals surface area contributed by atoms with Crippen molar-refractivity contribution >= 4 is 8.32 Å². The first-order valence-corrected chi connectivity index (χ1v) is 13.4. The van der Waals surface area contributed by atoms with Crippen molar-refractivity contribution in [2.75, 3.05) is 20.3 Å². The van der Waals surface area contributed by atoms with Gasteiger partial charge in [0.1, 0.15) is 5.75 Å². The molecule has 0 bridgehead atoms. The summed E-state index contributed by atoms with van der Waals surface area (Å²) in [6.07, 6.45) is 2.01. The Morgan fingerprint density at radius 3 is 2.14 bits per heavy atom. The number of aliphatic hydroxyl groups excluding tert-OH is 1. The molecule has 0 aliphatic heterocycles. The topological polar surface area (TPSA) is 47.9 Å². The first-order valence-electron chi connectivity index (χ1n) is 10.5. The molecule has 0 amide bonds. The van der Waals surface area contributed by atoms with Gasteiger partial charge in [0.05, 0.1) is 19.8 Å². The van der Waals surface area contributed by atoms with E-state index in [0.29, 0.717) is 12.5 Å². The lowest BCUT2D eigenvalue weighted by Gasteiger charge is -2.37. The minimum atomic E-state index is -1.70. The van der Waals surface area contributed by atoms with Gasteiger partial charge in [0.15, 0.2) is 8.32 Å². The van der Waals surface area contributed by atoms with Gasteiger partial charge in [-0.05, 0) is 54.6 Å². The van der Waals surface area contributed by atoms with E-state index in [1.807, 2.05) is 24.3 Å². The van der Waals surface area contributed by atoms with E-state index >= 15 is 0 Å². The van der Waals surface area contributed by atoms with E-state index in [4.69, 9.17) is 13.9 Å². The van der Waals surface area contributed by atoms with Crippen LogP contribution in [0.3, 0.4) is 0 Å². The maximum atomic E-state index is 9.62. The molecule has 1 aromatic rings. The molecule has 0 heterocycles. The van der Waals surface area contributed by atoms with Gasteiger partial charge >= 0.3 is 0 Å². The summed E-state index contributed by atoms with van der Waals surface area (Å²) in [5, 5.41) is 9.86. The molecule has 0 aromatic heterocycles. The third kappa shape index (κ3) is 8.24. The van der Waals surface area contributed by atoms with Crippen LogP contribution in [0.4, 0.5) is 0 Å². The fourth-order valence-corrected chi connectivity index (χ4v) is 3.81. The van der Waals surface area contributed by atoms with Crippen molar-refractivity contribution < 1.29 is 19.0 Å². The number of hydrogen-bond acceptors (Lipinski definition) is 4. The van der Waals surface area contributed by atoms with Crippen LogP contribution in [0.2, 0.25) is 18.1 Å². The number of rotatable bonds is 12. The van der Waals surface area contributed by atoms with Crippen LogP contribution in [-0.4, -0.2) is 39.9 Å². The van der Waals surface area contributed by atoms with E-state index < -0.39 is 8.32 Å². The number of methoxy groups -OCH3 is 1. The highest BCUT2D eigenvalue weighted by Gasteiger charge is 2.37. The summed E-state index contributed by atoms with van der Waals surface area (Å²) in [6, 6.07) is 7.94. The second-order valence-corrected chi connectivity index (χ2v) is 14.4. The van der Waals surface area contributed by atoms with Crippen molar-refractivity contribution in [1.82, 2.24) is 0 Å². The van der Waals surface area contributed by atoms with E-state index in [2.05, 4.69) is 47.7 Å². The normalized spacial score (nSPS) is 15.9. The van der Waals surface area contributed by atoms with Crippen LogP contribution in [0.25, 0.3) is 0 Å². The molecule has 0 radical (unpaired) electrons. The first kappa shape index (κ1) is 25.2. The SMILES string of the molecule is COc1ccc(CO[C@@H](CC[C@@H](C)CO[Si](C)(C)C(C)(C)C)[C@H](C)CO)cc1. The highest BCUT2D eigenvalue weighted by atomic mass is 28.4. The van der Waals surface area contributed by atoms with Crippen LogP contribution in [0.15, 0.2) is 24.3 Å². The van der Waals surface area contributed by atoms with Gasteiger partial charge in [-0.25, -0.2) is 0 Å². The van der Waals surface area contributed by atoms with Crippen molar-refractivity contribution in [2.45, 2.75) is 78.3 Å². The van der Waals surface area contributed by atoms with E-state index in [1.54, 1.807) is 7.11 Å². The fraction of sp³-hybridized carbons (Fsp3) is 0.739. The number of hydrogen-bond donors (Lipinski definition) is 1. The van der Waals surface area contributed by atoms with Gasteiger partial charge in [-0.1, -0.05) is 46.8 Å². The molecule has 5 heteroatoms. The lowest BCUT2D eigenvalue weighted by Crippen LogP contribution is -2.41. The molecule has 1 N–H and O–H groups in total. The number of ether oxygens (including phenoxy) is 2. The first-order chi connectivity index (χ1) is 13.0. The molecule has 3 atom stereocenters. The Morgan fingerprint density at radius 2 is 1.64 bits per heavy atom.